The Morgan fingerprint density at radius 2 is 1.42 bits per heavy atom. The molecule has 0 bridgehead atoms. The highest BCUT2D eigenvalue weighted by atomic mass is 35.5. The molecule has 0 radical (unpaired) electrons. The van der Waals surface area contributed by atoms with Crippen molar-refractivity contribution < 1.29 is 0 Å². The molecule has 1 aliphatic carbocycles. The molecule has 0 aromatic heterocycles. The molecule has 0 aliphatic heterocycles. The zero-order valence-electron chi connectivity index (χ0n) is 10.9. The Balaban J connectivity index is 0.00000110. The van der Waals surface area contributed by atoms with Crippen LogP contribution in [0.5, 0.6) is 0 Å². The molecule has 3 aromatic carbocycles. The maximum Gasteiger partial charge on any atom is -0.0102 e. The molecule has 3 aromatic rings. The molecule has 0 saturated carbocycles. The molecular weight excluding hydrogens is 252 g/mol. The monoisotopic (exact) mass is 268 g/mol. The fourth-order valence-corrected chi connectivity index (χ4v) is 3.34. The van der Waals surface area contributed by atoms with E-state index >= 15 is 0 Å². The van der Waals surface area contributed by atoms with E-state index < -0.39 is 0 Å². The lowest BCUT2D eigenvalue weighted by molar-refractivity contribution is 0.690. The van der Waals surface area contributed by atoms with Crippen LogP contribution in [-0.2, 0) is 12.8 Å². The third-order valence-corrected chi connectivity index (χ3v) is 4.26. The average molecular weight is 269 g/mol. The first kappa shape index (κ1) is 12.5. The van der Waals surface area contributed by atoms with Crippen molar-refractivity contribution in [3.05, 3.63) is 59.7 Å². The number of aryl methyl sites for hydroxylation is 2. The summed E-state index contributed by atoms with van der Waals surface area (Å²) in [5.41, 5.74) is 3.17. The van der Waals surface area contributed by atoms with Crippen LogP contribution in [0.25, 0.3) is 21.5 Å². The Morgan fingerprint density at radius 3 is 2.37 bits per heavy atom. The minimum Gasteiger partial charge on any atom is -0.147 e. The molecule has 0 nitrogen and oxygen atoms in total. The summed E-state index contributed by atoms with van der Waals surface area (Å²) >= 11 is 0. The first-order valence-electron chi connectivity index (χ1n) is 6.86. The highest BCUT2D eigenvalue weighted by molar-refractivity contribution is 6.08. The Morgan fingerprint density at radius 1 is 0.632 bits per heavy atom. The van der Waals surface area contributed by atoms with Gasteiger partial charge in [0.05, 0.1) is 0 Å². The lowest BCUT2D eigenvalue weighted by atomic mass is 9.86. The lowest BCUT2D eigenvalue weighted by Gasteiger charge is -2.18. The van der Waals surface area contributed by atoms with E-state index in [1.807, 2.05) is 0 Å². The van der Waals surface area contributed by atoms with Crippen molar-refractivity contribution in [3.8, 4) is 0 Å². The van der Waals surface area contributed by atoms with E-state index in [0.717, 1.165) is 0 Å². The van der Waals surface area contributed by atoms with Gasteiger partial charge in [0, 0.05) is 0 Å². The summed E-state index contributed by atoms with van der Waals surface area (Å²) in [5.74, 6) is 0. The summed E-state index contributed by atoms with van der Waals surface area (Å²) in [7, 11) is 0. The number of hydrogen-bond acceptors (Lipinski definition) is 0. The molecule has 0 fully saturated rings. The SMILES string of the molecule is Cl.c1ccc2c(c1)ccc1c3c(ccc12)CCCC3. The molecular formula is C18H17Cl. The average Bonchev–Trinajstić information content (AvgIpc) is 2.46. The van der Waals surface area contributed by atoms with Crippen LogP contribution in [-0.4, -0.2) is 0 Å². The largest absolute Gasteiger partial charge is 0.147 e. The number of hydrogen-bond donors (Lipinski definition) is 0. The number of fused-ring (bicyclic) bond motifs is 5. The minimum atomic E-state index is 0. The molecule has 0 saturated heterocycles. The fourth-order valence-electron chi connectivity index (χ4n) is 3.34. The zero-order valence-corrected chi connectivity index (χ0v) is 11.7. The van der Waals surface area contributed by atoms with Crippen molar-refractivity contribution in [2.24, 2.45) is 0 Å². The van der Waals surface area contributed by atoms with Gasteiger partial charge in [-0.1, -0.05) is 48.5 Å². The normalized spacial score (nSPS) is 14.1. The van der Waals surface area contributed by atoms with Gasteiger partial charge in [0.15, 0.2) is 0 Å². The number of rotatable bonds is 0. The summed E-state index contributed by atoms with van der Waals surface area (Å²) in [5, 5.41) is 5.64. The van der Waals surface area contributed by atoms with Gasteiger partial charge in [-0.05, 0) is 58.4 Å². The van der Waals surface area contributed by atoms with Crippen molar-refractivity contribution in [1.29, 1.82) is 0 Å². The predicted molar refractivity (Wildman–Crippen MR) is 85.3 cm³/mol. The van der Waals surface area contributed by atoms with Crippen molar-refractivity contribution in [3.63, 3.8) is 0 Å². The van der Waals surface area contributed by atoms with E-state index in [1.54, 1.807) is 11.1 Å². The molecule has 19 heavy (non-hydrogen) atoms. The predicted octanol–water partition coefficient (Wildman–Crippen LogP) is 5.29. The van der Waals surface area contributed by atoms with Crippen LogP contribution in [0.15, 0.2) is 48.5 Å². The maximum atomic E-state index is 2.35. The van der Waals surface area contributed by atoms with Gasteiger partial charge in [0.25, 0.3) is 0 Å². The second kappa shape index (κ2) is 4.86. The molecule has 0 spiro atoms. The van der Waals surface area contributed by atoms with Crippen LogP contribution in [0.4, 0.5) is 0 Å². The van der Waals surface area contributed by atoms with E-state index in [2.05, 4.69) is 48.5 Å². The summed E-state index contributed by atoms with van der Waals surface area (Å²) in [6.45, 7) is 0. The van der Waals surface area contributed by atoms with E-state index in [4.69, 9.17) is 0 Å². The van der Waals surface area contributed by atoms with Gasteiger partial charge in [-0.25, -0.2) is 0 Å². The first-order valence-corrected chi connectivity index (χ1v) is 6.86. The molecule has 96 valence electrons. The number of halogens is 1. The van der Waals surface area contributed by atoms with Crippen molar-refractivity contribution in [1.82, 2.24) is 0 Å². The highest BCUT2D eigenvalue weighted by Gasteiger charge is 2.12. The van der Waals surface area contributed by atoms with Crippen molar-refractivity contribution >= 4 is 34.0 Å². The molecule has 0 heterocycles. The molecule has 0 amide bonds. The minimum absolute atomic E-state index is 0. The van der Waals surface area contributed by atoms with Gasteiger partial charge in [-0.3, -0.25) is 0 Å². The van der Waals surface area contributed by atoms with E-state index in [1.165, 1.54) is 47.2 Å². The van der Waals surface area contributed by atoms with E-state index in [9.17, 15) is 0 Å². The third-order valence-electron chi connectivity index (χ3n) is 4.26. The molecule has 0 atom stereocenters. The van der Waals surface area contributed by atoms with Crippen molar-refractivity contribution in [2.75, 3.05) is 0 Å². The molecule has 1 aliphatic rings. The fraction of sp³-hybridized carbons (Fsp3) is 0.222. The maximum absolute atomic E-state index is 2.35. The Bertz CT molecular complexity index is 743. The quantitative estimate of drug-likeness (QED) is 0.486. The Kier molecular flexibility index (Phi) is 3.20. The van der Waals surface area contributed by atoms with Gasteiger partial charge < -0.3 is 0 Å². The van der Waals surface area contributed by atoms with E-state index in [-0.39, 0.29) is 12.4 Å². The lowest BCUT2D eigenvalue weighted by Crippen LogP contribution is -2.02. The second-order valence-electron chi connectivity index (χ2n) is 5.29. The molecule has 1 heteroatoms. The summed E-state index contributed by atoms with van der Waals surface area (Å²) in [6.07, 6.45) is 5.22. The van der Waals surface area contributed by atoms with Crippen LogP contribution in [0.1, 0.15) is 24.0 Å². The standard InChI is InChI=1S/C18H16.ClH/c1-3-7-15-13(5-1)9-11-18-16-8-4-2-6-14(16)10-12-17(15)18;/h1,3,5,7,9-12H,2,4,6,8H2;1H. The molecule has 0 N–H and O–H groups in total. The Labute approximate surface area is 119 Å². The van der Waals surface area contributed by atoms with Gasteiger partial charge in [-0.15, -0.1) is 12.4 Å². The van der Waals surface area contributed by atoms with Gasteiger partial charge in [0.1, 0.15) is 0 Å². The van der Waals surface area contributed by atoms with E-state index in [0.29, 0.717) is 0 Å². The van der Waals surface area contributed by atoms with Gasteiger partial charge in [0.2, 0.25) is 0 Å². The van der Waals surface area contributed by atoms with Crippen LogP contribution in [0.2, 0.25) is 0 Å². The van der Waals surface area contributed by atoms with Crippen LogP contribution in [0, 0.1) is 0 Å². The Hall–Kier alpha value is -1.53. The summed E-state index contributed by atoms with van der Waals surface area (Å²) in [4.78, 5) is 0. The summed E-state index contributed by atoms with van der Waals surface area (Å²) < 4.78 is 0. The van der Waals surface area contributed by atoms with Crippen LogP contribution < -0.4 is 0 Å². The van der Waals surface area contributed by atoms with Crippen molar-refractivity contribution in [2.45, 2.75) is 25.7 Å². The molecule has 0 unspecified atom stereocenters. The first-order chi connectivity index (χ1) is 8.93. The van der Waals surface area contributed by atoms with Crippen LogP contribution in [0.3, 0.4) is 0 Å². The second-order valence-corrected chi connectivity index (χ2v) is 5.29. The molecule has 4 rings (SSSR count). The number of benzene rings is 3. The topological polar surface area (TPSA) is 0 Å². The smallest absolute Gasteiger partial charge is 0.0102 e. The van der Waals surface area contributed by atoms with Gasteiger partial charge in [-0.2, -0.15) is 0 Å². The third kappa shape index (κ3) is 1.91. The van der Waals surface area contributed by atoms with Gasteiger partial charge >= 0.3 is 0 Å². The highest BCUT2D eigenvalue weighted by Crippen LogP contribution is 2.32. The summed E-state index contributed by atoms with van der Waals surface area (Å²) in [6, 6.07) is 18.0. The van der Waals surface area contributed by atoms with Crippen LogP contribution >= 0.6 is 12.4 Å². The zero-order chi connectivity index (χ0) is 11.9.